The zero-order chi connectivity index (χ0) is 14.1. The van der Waals surface area contributed by atoms with Crippen LogP contribution in [0.25, 0.3) is 16.9 Å². The Kier molecular flexibility index (Phi) is 3.28. The molecule has 0 amide bonds. The lowest BCUT2D eigenvalue weighted by atomic mass is 10.1. The summed E-state index contributed by atoms with van der Waals surface area (Å²) in [6, 6.07) is 12.8. The molecule has 2 heterocycles. The second kappa shape index (κ2) is 5.10. The fourth-order valence-electron chi connectivity index (χ4n) is 2.54. The maximum Gasteiger partial charge on any atom is 0.137 e. The van der Waals surface area contributed by atoms with E-state index in [4.69, 9.17) is 10.7 Å². The Morgan fingerprint density at radius 3 is 2.55 bits per heavy atom. The van der Waals surface area contributed by atoms with Crippen molar-refractivity contribution in [3.63, 3.8) is 0 Å². The molecular formula is C17H19N3. The Morgan fingerprint density at radius 2 is 1.85 bits per heavy atom. The zero-order valence-corrected chi connectivity index (χ0v) is 11.9. The van der Waals surface area contributed by atoms with Gasteiger partial charge in [0.15, 0.2) is 0 Å². The number of aryl methyl sites for hydroxylation is 2. The number of fused-ring (bicyclic) bond motifs is 1. The predicted octanol–water partition coefficient (Wildman–Crippen LogP) is 3.12. The zero-order valence-electron chi connectivity index (χ0n) is 11.9. The second-order valence-electron chi connectivity index (χ2n) is 5.21. The van der Waals surface area contributed by atoms with Crippen LogP contribution < -0.4 is 5.73 Å². The maximum atomic E-state index is 5.58. The van der Waals surface area contributed by atoms with Crippen molar-refractivity contribution in [1.29, 1.82) is 0 Å². The Labute approximate surface area is 119 Å². The smallest absolute Gasteiger partial charge is 0.137 e. The van der Waals surface area contributed by atoms with Crippen molar-refractivity contribution in [3.8, 4) is 11.3 Å². The van der Waals surface area contributed by atoms with Crippen molar-refractivity contribution in [1.82, 2.24) is 9.38 Å². The number of aromatic nitrogens is 2. The van der Waals surface area contributed by atoms with Crippen LogP contribution >= 0.6 is 0 Å². The minimum atomic E-state index is 0.687. The minimum absolute atomic E-state index is 0.687. The highest BCUT2D eigenvalue weighted by Crippen LogP contribution is 2.24. The summed E-state index contributed by atoms with van der Waals surface area (Å²) >= 11 is 0. The summed E-state index contributed by atoms with van der Waals surface area (Å²) < 4.78 is 2.14. The van der Waals surface area contributed by atoms with Gasteiger partial charge in [-0.1, -0.05) is 24.3 Å². The van der Waals surface area contributed by atoms with E-state index in [1.165, 1.54) is 16.8 Å². The molecule has 0 radical (unpaired) electrons. The first kappa shape index (κ1) is 12.9. The lowest BCUT2D eigenvalue weighted by molar-refractivity contribution is 0.969. The van der Waals surface area contributed by atoms with Gasteiger partial charge in [0.2, 0.25) is 0 Å². The molecule has 0 saturated carbocycles. The molecule has 20 heavy (non-hydrogen) atoms. The standard InChI is InChI=1S/C17H19N3/c1-12-8-10-20-13(2)17(19-16(20)11-12)15-5-3-14(4-6-15)7-9-18/h3-6,8,10-11H,7,9,18H2,1-2H3. The van der Waals surface area contributed by atoms with E-state index < -0.39 is 0 Å². The molecule has 0 bridgehead atoms. The Balaban J connectivity index is 2.07. The number of nitrogens with zero attached hydrogens (tertiary/aromatic N) is 2. The third-order valence-corrected chi connectivity index (χ3v) is 3.68. The molecule has 3 heteroatoms. The molecule has 0 saturated heterocycles. The van der Waals surface area contributed by atoms with E-state index in [2.05, 4.69) is 60.8 Å². The summed E-state index contributed by atoms with van der Waals surface area (Å²) in [4.78, 5) is 4.76. The summed E-state index contributed by atoms with van der Waals surface area (Å²) in [5, 5.41) is 0. The second-order valence-corrected chi connectivity index (χ2v) is 5.21. The average molecular weight is 265 g/mol. The van der Waals surface area contributed by atoms with Crippen molar-refractivity contribution in [2.75, 3.05) is 6.54 Å². The molecule has 0 spiro atoms. The summed E-state index contributed by atoms with van der Waals surface area (Å²) in [7, 11) is 0. The number of rotatable bonds is 3. The largest absolute Gasteiger partial charge is 0.330 e. The van der Waals surface area contributed by atoms with Crippen LogP contribution in [0.1, 0.15) is 16.8 Å². The summed E-state index contributed by atoms with van der Waals surface area (Å²) in [5.41, 5.74) is 12.5. The lowest BCUT2D eigenvalue weighted by Crippen LogP contribution is -2.02. The molecule has 0 aliphatic carbocycles. The summed E-state index contributed by atoms with van der Waals surface area (Å²) in [6.07, 6.45) is 3.00. The molecular weight excluding hydrogens is 246 g/mol. The van der Waals surface area contributed by atoms with Gasteiger partial charge in [-0.05, 0) is 50.1 Å². The monoisotopic (exact) mass is 265 g/mol. The van der Waals surface area contributed by atoms with E-state index in [-0.39, 0.29) is 0 Å². The topological polar surface area (TPSA) is 43.3 Å². The summed E-state index contributed by atoms with van der Waals surface area (Å²) in [6.45, 7) is 4.88. The van der Waals surface area contributed by atoms with Crippen LogP contribution in [0.5, 0.6) is 0 Å². The first-order chi connectivity index (χ1) is 9.69. The van der Waals surface area contributed by atoms with Crippen molar-refractivity contribution >= 4 is 5.65 Å². The Hall–Kier alpha value is -2.13. The van der Waals surface area contributed by atoms with Crippen LogP contribution in [0.2, 0.25) is 0 Å². The van der Waals surface area contributed by atoms with Gasteiger partial charge in [-0.3, -0.25) is 0 Å². The van der Waals surface area contributed by atoms with Gasteiger partial charge in [-0.15, -0.1) is 0 Å². The van der Waals surface area contributed by atoms with E-state index in [0.29, 0.717) is 6.54 Å². The SMILES string of the molecule is Cc1ccn2c(C)c(-c3ccc(CCN)cc3)nc2c1. The first-order valence-electron chi connectivity index (χ1n) is 6.94. The molecule has 0 aliphatic heterocycles. The van der Waals surface area contributed by atoms with Gasteiger partial charge in [-0.25, -0.2) is 4.98 Å². The average Bonchev–Trinajstić information content (AvgIpc) is 2.77. The van der Waals surface area contributed by atoms with Crippen LogP contribution in [0.15, 0.2) is 42.6 Å². The molecule has 102 valence electrons. The Bertz CT molecular complexity index is 739. The van der Waals surface area contributed by atoms with Crippen molar-refractivity contribution in [2.45, 2.75) is 20.3 Å². The van der Waals surface area contributed by atoms with Crippen LogP contribution in [-0.2, 0) is 6.42 Å². The lowest BCUT2D eigenvalue weighted by Gasteiger charge is -2.02. The minimum Gasteiger partial charge on any atom is -0.330 e. The molecule has 0 unspecified atom stereocenters. The van der Waals surface area contributed by atoms with Crippen molar-refractivity contribution < 1.29 is 0 Å². The van der Waals surface area contributed by atoms with Gasteiger partial charge in [0.1, 0.15) is 5.65 Å². The molecule has 2 N–H and O–H groups in total. The number of nitrogens with two attached hydrogens (primary N) is 1. The fourth-order valence-corrected chi connectivity index (χ4v) is 2.54. The van der Waals surface area contributed by atoms with Gasteiger partial charge < -0.3 is 10.1 Å². The van der Waals surface area contributed by atoms with Crippen molar-refractivity contribution in [2.24, 2.45) is 5.73 Å². The normalized spacial score (nSPS) is 11.2. The maximum absolute atomic E-state index is 5.58. The molecule has 3 rings (SSSR count). The van der Waals surface area contributed by atoms with Gasteiger partial charge in [-0.2, -0.15) is 0 Å². The van der Waals surface area contributed by atoms with Crippen LogP contribution in [0, 0.1) is 13.8 Å². The molecule has 3 aromatic rings. The van der Waals surface area contributed by atoms with Crippen molar-refractivity contribution in [3.05, 3.63) is 59.4 Å². The molecule has 0 atom stereocenters. The molecule has 0 aliphatic rings. The van der Waals surface area contributed by atoms with Crippen LogP contribution in [-0.4, -0.2) is 15.9 Å². The molecule has 2 aromatic heterocycles. The number of benzene rings is 1. The van der Waals surface area contributed by atoms with E-state index in [1.807, 2.05) is 0 Å². The van der Waals surface area contributed by atoms with E-state index in [1.54, 1.807) is 0 Å². The number of pyridine rings is 1. The van der Waals surface area contributed by atoms with Gasteiger partial charge >= 0.3 is 0 Å². The predicted molar refractivity (Wildman–Crippen MR) is 82.9 cm³/mol. The van der Waals surface area contributed by atoms with Gasteiger partial charge in [0, 0.05) is 17.5 Å². The fraction of sp³-hybridized carbons (Fsp3) is 0.235. The van der Waals surface area contributed by atoms with E-state index in [0.717, 1.165) is 23.3 Å². The highest BCUT2D eigenvalue weighted by molar-refractivity contribution is 5.66. The Morgan fingerprint density at radius 1 is 1.10 bits per heavy atom. The quantitative estimate of drug-likeness (QED) is 0.790. The van der Waals surface area contributed by atoms with E-state index >= 15 is 0 Å². The molecule has 3 nitrogen and oxygen atoms in total. The number of imidazole rings is 1. The number of hydrogen-bond acceptors (Lipinski definition) is 2. The van der Waals surface area contributed by atoms with E-state index in [9.17, 15) is 0 Å². The van der Waals surface area contributed by atoms with Crippen LogP contribution in [0.3, 0.4) is 0 Å². The highest BCUT2D eigenvalue weighted by atomic mass is 15.0. The van der Waals surface area contributed by atoms with Gasteiger partial charge in [0.05, 0.1) is 5.69 Å². The first-order valence-corrected chi connectivity index (χ1v) is 6.94. The number of hydrogen-bond donors (Lipinski definition) is 1. The molecule has 1 aromatic carbocycles. The third-order valence-electron chi connectivity index (χ3n) is 3.68. The molecule has 0 fully saturated rings. The van der Waals surface area contributed by atoms with Gasteiger partial charge in [0.25, 0.3) is 0 Å². The third kappa shape index (κ3) is 2.21. The van der Waals surface area contributed by atoms with Crippen LogP contribution in [0.4, 0.5) is 0 Å². The highest BCUT2D eigenvalue weighted by Gasteiger charge is 2.10. The summed E-state index contributed by atoms with van der Waals surface area (Å²) in [5.74, 6) is 0.